The molecule has 0 bridgehead atoms. The number of nitrogens with two attached hydrogens (primary N) is 1. The predicted molar refractivity (Wildman–Crippen MR) is 114 cm³/mol. The van der Waals surface area contributed by atoms with Crippen molar-refractivity contribution in [3.05, 3.63) is 53.1 Å². The van der Waals surface area contributed by atoms with Crippen molar-refractivity contribution in [2.45, 2.75) is 31.6 Å². The van der Waals surface area contributed by atoms with Crippen molar-refractivity contribution in [1.82, 2.24) is 4.90 Å². The molecule has 1 atom stereocenters. The zero-order chi connectivity index (χ0) is 21.9. The minimum absolute atomic E-state index is 0.000711. The lowest BCUT2D eigenvalue weighted by Crippen LogP contribution is -2.41. The normalized spacial score (nSPS) is 16.9. The van der Waals surface area contributed by atoms with Gasteiger partial charge in [0.1, 0.15) is 11.5 Å². The molecule has 1 fully saturated rings. The molecule has 0 aliphatic carbocycles. The molecular formula is C22H28N2O5S. The Hall–Kier alpha value is -2.58. The fourth-order valence-electron chi connectivity index (χ4n) is 3.72. The smallest absolute Gasteiger partial charge is 0.253 e. The van der Waals surface area contributed by atoms with Crippen LogP contribution in [0.2, 0.25) is 0 Å². The molecule has 2 aromatic rings. The Bertz CT molecular complexity index is 1040. The minimum atomic E-state index is -3.90. The van der Waals surface area contributed by atoms with E-state index in [4.69, 9.17) is 14.6 Å². The number of carbonyl (C=O) groups is 1. The summed E-state index contributed by atoms with van der Waals surface area (Å²) in [5, 5.41) is 5.33. The number of carbonyl (C=O) groups excluding carboxylic acids is 1. The number of hydrogen-bond donors (Lipinski definition) is 1. The largest absolute Gasteiger partial charge is 0.497 e. The van der Waals surface area contributed by atoms with Crippen molar-refractivity contribution in [2.24, 2.45) is 11.1 Å². The molecule has 7 nitrogen and oxygen atoms in total. The van der Waals surface area contributed by atoms with E-state index >= 15 is 0 Å². The van der Waals surface area contributed by atoms with E-state index in [1.54, 1.807) is 31.9 Å². The Morgan fingerprint density at radius 2 is 1.93 bits per heavy atom. The maximum Gasteiger partial charge on any atom is 0.253 e. The van der Waals surface area contributed by atoms with Crippen LogP contribution in [-0.4, -0.2) is 46.0 Å². The van der Waals surface area contributed by atoms with E-state index in [1.165, 1.54) is 6.07 Å². The molecule has 1 aliphatic heterocycles. The van der Waals surface area contributed by atoms with Crippen LogP contribution in [-0.2, 0) is 10.0 Å². The van der Waals surface area contributed by atoms with Crippen LogP contribution >= 0.6 is 0 Å². The number of benzene rings is 2. The quantitative estimate of drug-likeness (QED) is 0.757. The number of sulfonamides is 1. The minimum Gasteiger partial charge on any atom is -0.497 e. The van der Waals surface area contributed by atoms with Crippen molar-refractivity contribution in [1.29, 1.82) is 0 Å². The van der Waals surface area contributed by atoms with Crippen LogP contribution in [0.5, 0.6) is 11.5 Å². The van der Waals surface area contributed by atoms with Gasteiger partial charge in [-0.2, -0.15) is 0 Å². The van der Waals surface area contributed by atoms with Crippen LogP contribution in [0, 0.1) is 19.8 Å². The lowest BCUT2D eigenvalue weighted by Gasteiger charge is -2.33. The number of nitrogens with zero attached hydrogens (tertiary/aromatic N) is 1. The number of aryl methyl sites for hydroxylation is 1. The molecule has 0 spiro atoms. The van der Waals surface area contributed by atoms with Gasteiger partial charge in [0.05, 0.1) is 18.6 Å². The summed E-state index contributed by atoms with van der Waals surface area (Å²) < 4.78 is 34.9. The van der Waals surface area contributed by atoms with Gasteiger partial charge in [0.15, 0.2) is 0 Å². The van der Waals surface area contributed by atoms with E-state index in [1.807, 2.05) is 24.3 Å². The van der Waals surface area contributed by atoms with Crippen molar-refractivity contribution in [3.63, 3.8) is 0 Å². The second-order valence-electron chi connectivity index (χ2n) is 7.71. The van der Waals surface area contributed by atoms with Crippen LogP contribution in [0.3, 0.4) is 0 Å². The van der Waals surface area contributed by atoms with Crippen molar-refractivity contribution >= 4 is 15.9 Å². The van der Waals surface area contributed by atoms with Crippen molar-refractivity contribution in [2.75, 3.05) is 26.8 Å². The first-order valence-electron chi connectivity index (χ1n) is 9.89. The summed E-state index contributed by atoms with van der Waals surface area (Å²) >= 11 is 0. The van der Waals surface area contributed by atoms with E-state index in [-0.39, 0.29) is 16.7 Å². The second kappa shape index (κ2) is 9.06. The Labute approximate surface area is 177 Å². The summed E-state index contributed by atoms with van der Waals surface area (Å²) in [5.41, 5.74) is 1.63. The standard InChI is InChI=1S/C22H28N2O5S/c1-15-10-18(11-21(16(15)2)30(23,26)27)22(25)24-9-5-6-17(13-24)14-29-20-8-4-7-19(12-20)28-3/h4,7-8,10-12,17H,5-6,9,13-14H2,1-3H3,(H2,23,26,27). The number of piperidine rings is 1. The Balaban J connectivity index is 1.70. The predicted octanol–water partition coefficient (Wildman–Crippen LogP) is 2.89. The fourth-order valence-corrected chi connectivity index (χ4v) is 4.60. The van der Waals surface area contributed by atoms with Gasteiger partial charge in [-0.15, -0.1) is 0 Å². The van der Waals surface area contributed by atoms with Gasteiger partial charge in [-0.3, -0.25) is 4.79 Å². The molecule has 2 N–H and O–H groups in total. The maximum atomic E-state index is 13.1. The highest BCUT2D eigenvalue weighted by molar-refractivity contribution is 7.89. The highest BCUT2D eigenvalue weighted by Gasteiger charge is 2.26. The first kappa shape index (κ1) is 22.1. The highest BCUT2D eigenvalue weighted by Crippen LogP contribution is 2.25. The molecule has 162 valence electrons. The van der Waals surface area contributed by atoms with E-state index in [9.17, 15) is 13.2 Å². The summed E-state index contributed by atoms with van der Waals surface area (Å²) in [4.78, 5) is 14.8. The number of methoxy groups -OCH3 is 1. The number of amides is 1. The molecule has 1 amide bonds. The first-order chi connectivity index (χ1) is 14.2. The number of ether oxygens (including phenoxy) is 2. The van der Waals surface area contributed by atoms with Gasteiger partial charge < -0.3 is 14.4 Å². The first-order valence-corrected chi connectivity index (χ1v) is 11.4. The van der Waals surface area contributed by atoms with Gasteiger partial charge in [-0.05, 0) is 62.1 Å². The molecule has 30 heavy (non-hydrogen) atoms. The van der Waals surface area contributed by atoms with E-state index < -0.39 is 10.0 Å². The van der Waals surface area contributed by atoms with E-state index in [0.717, 1.165) is 29.9 Å². The maximum absolute atomic E-state index is 13.1. The average Bonchev–Trinajstić information content (AvgIpc) is 2.73. The third-order valence-corrected chi connectivity index (χ3v) is 6.54. The molecule has 0 aromatic heterocycles. The summed E-state index contributed by atoms with van der Waals surface area (Å²) in [5.74, 6) is 1.46. The van der Waals surface area contributed by atoms with Gasteiger partial charge in [0, 0.05) is 30.6 Å². The SMILES string of the molecule is COc1cccc(OCC2CCCN(C(=O)c3cc(C)c(C)c(S(N)(=O)=O)c3)C2)c1. The van der Waals surface area contributed by atoms with Gasteiger partial charge in [0.25, 0.3) is 5.91 Å². The highest BCUT2D eigenvalue weighted by atomic mass is 32.2. The molecule has 0 radical (unpaired) electrons. The lowest BCUT2D eigenvalue weighted by molar-refractivity contribution is 0.0633. The van der Waals surface area contributed by atoms with Crippen LogP contribution < -0.4 is 14.6 Å². The van der Waals surface area contributed by atoms with E-state index in [0.29, 0.717) is 30.8 Å². The summed E-state index contributed by atoms with van der Waals surface area (Å²) in [6, 6.07) is 10.5. The van der Waals surface area contributed by atoms with Crippen LogP contribution in [0.1, 0.15) is 34.3 Å². The summed E-state index contributed by atoms with van der Waals surface area (Å²) in [6.45, 7) is 5.15. The van der Waals surface area contributed by atoms with Gasteiger partial charge >= 0.3 is 0 Å². The summed E-state index contributed by atoms with van der Waals surface area (Å²) in [7, 11) is -2.29. The lowest BCUT2D eigenvalue weighted by atomic mass is 9.97. The van der Waals surface area contributed by atoms with Gasteiger partial charge in [-0.25, -0.2) is 13.6 Å². The molecular weight excluding hydrogens is 404 g/mol. The second-order valence-corrected chi connectivity index (χ2v) is 9.24. The average molecular weight is 433 g/mol. The number of rotatable bonds is 6. The number of likely N-dealkylation sites (tertiary alicyclic amines) is 1. The molecule has 0 saturated carbocycles. The van der Waals surface area contributed by atoms with Gasteiger partial charge in [0.2, 0.25) is 10.0 Å². The molecule has 1 unspecified atom stereocenters. The summed E-state index contributed by atoms with van der Waals surface area (Å²) in [6.07, 6.45) is 1.83. The topological polar surface area (TPSA) is 98.9 Å². The third kappa shape index (κ3) is 5.12. The monoisotopic (exact) mass is 432 g/mol. The van der Waals surface area contributed by atoms with Crippen molar-refractivity contribution in [3.8, 4) is 11.5 Å². The zero-order valence-corrected chi connectivity index (χ0v) is 18.4. The molecule has 1 saturated heterocycles. The van der Waals surface area contributed by atoms with Crippen LogP contribution in [0.25, 0.3) is 0 Å². The Morgan fingerprint density at radius 3 is 2.63 bits per heavy atom. The fraction of sp³-hybridized carbons (Fsp3) is 0.409. The van der Waals surface area contributed by atoms with Gasteiger partial charge in [-0.1, -0.05) is 6.07 Å². The molecule has 1 aliphatic rings. The Morgan fingerprint density at radius 1 is 1.20 bits per heavy atom. The number of primary sulfonamides is 1. The molecule has 1 heterocycles. The third-order valence-electron chi connectivity index (χ3n) is 5.51. The Kier molecular flexibility index (Phi) is 6.67. The molecule has 8 heteroatoms. The van der Waals surface area contributed by atoms with Crippen molar-refractivity contribution < 1.29 is 22.7 Å². The van der Waals surface area contributed by atoms with Crippen LogP contribution in [0.4, 0.5) is 0 Å². The van der Waals surface area contributed by atoms with E-state index in [2.05, 4.69) is 0 Å². The van der Waals surface area contributed by atoms with Crippen LogP contribution in [0.15, 0.2) is 41.3 Å². The number of hydrogen-bond acceptors (Lipinski definition) is 5. The zero-order valence-electron chi connectivity index (χ0n) is 17.6. The molecule has 3 rings (SSSR count). The molecule has 2 aromatic carbocycles.